The lowest BCUT2D eigenvalue weighted by molar-refractivity contribution is -0.120. The van der Waals surface area contributed by atoms with E-state index in [1.807, 2.05) is 6.08 Å². The zero-order valence-electron chi connectivity index (χ0n) is 12.5. The maximum Gasteiger partial charge on any atom is 0.293 e. The Balaban J connectivity index is 1.71. The minimum absolute atomic E-state index is 0.000226. The van der Waals surface area contributed by atoms with Crippen molar-refractivity contribution in [3.8, 4) is 0 Å². The van der Waals surface area contributed by atoms with Crippen LogP contribution < -0.4 is 10.6 Å². The van der Waals surface area contributed by atoms with Crippen molar-refractivity contribution in [3.05, 3.63) is 23.5 Å². The van der Waals surface area contributed by atoms with Crippen LogP contribution in [0, 0.1) is 0 Å². The maximum absolute atomic E-state index is 11.7. The van der Waals surface area contributed by atoms with E-state index in [-0.39, 0.29) is 23.9 Å². The first-order valence-corrected chi connectivity index (χ1v) is 7.56. The Morgan fingerprint density at radius 2 is 2.09 bits per heavy atom. The zero-order chi connectivity index (χ0) is 15.5. The SMILES string of the molecule is CC(=O)NC1CCCC(NC2=C3C=CC=NC3C(=O)N=N2)C1. The summed E-state index contributed by atoms with van der Waals surface area (Å²) in [5.41, 5.74) is 0.768. The third-order valence-electron chi connectivity index (χ3n) is 4.07. The standard InChI is InChI=1S/C15H19N5O2/c1-9(21)17-10-4-2-5-11(8-10)18-14-12-6-3-7-16-13(12)15(22)20-19-14/h3,6-7,10-11,13,18H,2,4-5,8H2,1H3,(H,17,21). The van der Waals surface area contributed by atoms with Gasteiger partial charge in [0.25, 0.3) is 5.91 Å². The lowest BCUT2D eigenvalue weighted by Gasteiger charge is -2.31. The van der Waals surface area contributed by atoms with Gasteiger partial charge in [-0.25, -0.2) is 0 Å². The van der Waals surface area contributed by atoms with Crippen LogP contribution in [0.15, 0.2) is 38.8 Å². The highest BCUT2D eigenvalue weighted by Gasteiger charge is 2.30. The van der Waals surface area contributed by atoms with Crippen molar-refractivity contribution in [3.63, 3.8) is 0 Å². The van der Waals surface area contributed by atoms with Gasteiger partial charge in [-0.2, -0.15) is 0 Å². The van der Waals surface area contributed by atoms with Gasteiger partial charge in [-0.05, 0) is 31.8 Å². The molecule has 7 nitrogen and oxygen atoms in total. The first-order chi connectivity index (χ1) is 10.6. The second kappa shape index (κ2) is 6.21. The molecule has 2 aliphatic heterocycles. The minimum Gasteiger partial charge on any atom is -0.365 e. The molecule has 3 unspecified atom stereocenters. The Bertz CT molecular complexity index is 605. The van der Waals surface area contributed by atoms with Crippen molar-refractivity contribution in [1.82, 2.24) is 10.6 Å². The monoisotopic (exact) mass is 301 g/mol. The number of dihydropyridines is 1. The smallest absolute Gasteiger partial charge is 0.293 e. The van der Waals surface area contributed by atoms with Gasteiger partial charge in [0.2, 0.25) is 5.91 Å². The molecule has 0 radical (unpaired) electrons. The van der Waals surface area contributed by atoms with Crippen LogP contribution in [0.1, 0.15) is 32.6 Å². The molecule has 2 amide bonds. The first-order valence-electron chi connectivity index (χ1n) is 7.56. The Morgan fingerprint density at radius 1 is 1.27 bits per heavy atom. The molecule has 0 aromatic rings. The molecule has 3 rings (SSSR count). The van der Waals surface area contributed by atoms with Crippen LogP contribution in [0.4, 0.5) is 0 Å². The number of nitrogens with one attached hydrogen (secondary N) is 2. The summed E-state index contributed by atoms with van der Waals surface area (Å²) in [5.74, 6) is 0.285. The lowest BCUT2D eigenvalue weighted by atomic mass is 9.90. The van der Waals surface area contributed by atoms with E-state index in [4.69, 9.17) is 0 Å². The number of rotatable bonds is 3. The van der Waals surface area contributed by atoms with Crippen molar-refractivity contribution in [1.29, 1.82) is 0 Å². The molecular formula is C15H19N5O2. The average Bonchev–Trinajstić information content (AvgIpc) is 2.50. The molecule has 2 N–H and O–H groups in total. The molecule has 7 heteroatoms. The molecule has 0 spiro atoms. The number of carbonyl (C=O) groups is 2. The summed E-state index contributed by atoms with van der Waals surface area (Å²) >= 11 is 0. The van der Waals surface area contributed by atoms with Crippen LogP contribution in [-0.4, -0.2) is 36.2 Å². The van der Waals surface area contributed by atoms with E-state index in [0.29, 0.717) is 5.82 Å². The van der Waals surface area contributed by atoms with E-state index in [1.165, 1.54) is 6.92 Å². The van der Waals surface area contributed by atoms with Gasteiger partial charge in [0.15, 0.2) is 11.9 Å². The van der Waals surface area contributed by atoms with Gasteiger partial charge in [-0.3, -0.25) is 14.6 Å². The fourth-order valence-electron chi connectivity index (χ4n) is 3.12. The van der Waals surface area contributed by atoms with E-state index < -0.39 is 6.04 Å². The van der Waals surface area contributed by atoms with Gasteiger partial charge in [-0.1, -0.05) is 6.08 Å². The zero-order valence-corrected chi connectivity index (χ0v) is 12.5. The van der Waals surface area contributed by atoms with Crippen molar-refractivity contribution in [2.75, 3.05) is 0 Å². The van der Waals surface area contributed by atoms with Gasteiger partial charge in [0, 0.05) is 30.8 Å². The van der Waals surface area contributed by atoms with Gasteiger partial charge in [0.05, 0.1) is 0 Å². The Kier molecular flexibility index (Phi) is 4.13. The highest BCUT2D eigenvalue weighted by molar-refractivity contribution is 5.91. The topological polar surface area (TPSA) is 95.3 Å². The summed E-state index contributed by atoms with van der Waals surface area (Å²) in [6.45, 7) is 1.54. The molecule has 0 aromatic heterocycles. The van der Waals surface area contributed by atoms with Crippen LogP contribution in [0.2, 0.25) is 0 Å². The second-order valence-corrected chi connectivity index (χ2v) is 5.81. The Morgan fingerprint density at radius 3 is 2.91 bits per heavy atom. The fourth-order valence-corrected chi connectivity index (χ4v) is 3.12. The number of allylic oxidation sites excluding steroid dienone is 1. The summed E-state index contributed by atoms with van der Waals surface area (Å²) in [4.78, 5) is 27.1. The van der Waals surface area contributed by atoms with Crippen molar-refractivity contribution < 1.29 is 9.59 Å². The molecule has 0 saturated heterocycles. The number of hydrogen-bond acceptors (Lipinski definition) is 5. The molecule has 2 heterocycles. The van der Waals surface area contributed by atoms with Crippen molar-refractivity contribution >= 4 is 18.0 Å². The van der Waals surface area contributed by atoms with Crippen molar-refractivity contribution in [2.24, 2.45) is 15.2 Å². The number of amides is 2. The van der Waals surface area contributed by atoms with Gasteiger partial charge < -0.3 is 10.6 Å². The summed E-state index contributed by atoms with van der Waals surface area (Å²) in [5, 5.41) is 14.0. The number of azo groups is 1. The maximum atomic E-state index is 11.7. The number of aliphatic imine (C=N–C) groups is 1. The molecule has 0 aromatic carbocycles. The van der Waals surface area contributed by atoms with Crippen molar-refractivity contribution in [2.45, 2.75) is 50.7 Å². The predicted octanol–water partition coefficient (Wildman–Crippen LogP) is 1.24. The molecule has 3 atom stereocenters. The number of carbonyl (C=O) groups excluding carboxylic acids is 2. The summed E-state index contributed by atoms with van der Waals surface area (Å²) in [6.07, 6.45) is 9.14. The predicted molar refractivity (Wildman–Crippen MR) is 81.3 cm³/mol. The Labute approximate surface area is 128 Å². The van der Waals surface area contributed by atoms with Crippen LogP contribution >= 0.6 is 0 Å². The molecular weight excluding hydrogens is 282 g/mol. The quantitative estimate of drug-likeness (QED) is 0.821. The lowest BCUT2D eigenvalue weighted by Crippen LogP contribution is -2.44. The second-order valence-electron chi connectivity index (χ2n) is 5.81. The van der Waals surface area contributed by atoms with Crippen LogP contribution in [0.3, 0.4) is 0 Å². The van der Waals surface area contributed by atoms with E-state index >= 15 is 0 Å². The van der Waals surface area contributed by atoms with Gasteiger partial charge in [-0.15, -0.1) is 10.2 Å². The normalized spacial score (nSPS) is 30.2. The van der Waals surface area contributed by atoms with Gasteiger partial charge in [0.1, 0.15) is 0 Å². The Hall–Kier alpha value is -2.31. The van der Waals surface area contributed by atoms with Crippen LogP contribution in [-0.2, 0) is 9.59 Å². The highest BCUT2D eigenvalue weighted by Crippen LogP contribution is 2.25. The first kappa shape index (κ1) is 14.6. The summed E-state index contributed by atoms with van der Waals surface area (Å²) < 4.78 is 0. The number of hydrogen-bond donors (Lipinski definition) is 2. The molecule has 22 heavy (non-hydrogen) atoms. The molecule has 1 aliphatic carbocycles. The third kappa shape index (κ3) is 3.13. The van der Waals surface area contributed by atoms with E-state index in [2.05, 4.69) is 25.9 Å². The summed E-state index contributed by atoms with van der Waals surface area (Å²) in [6, 6.07) is -0.174. The molecule has 1 fully saturated rings. The molecule has 1 saturated carbocycles. The fraction of sp³-hybridized carbons (Fsp3) is 0.533. The van der Waals surface area contributed by atoms with E-state index in [9.17, 15) is 9.59 Å². The number of fused-ring (bicyclic) bond motifs is 1. The molecule has 0 bridgehead atoms. The average molecular weight is 301 g/mol. The van der Waals surface area contributed by atoms with Crippen LogP contribution in [0.5, 0.6) is 0 Å². The molecule has 3 aliphatic rings. The minimum atomic E-state index is -0.570. The van der Waals surface area contributed by atoms with E-state index in [1.54, 1.807) is 12.3 Å². The summed E-state index contributed by atoms with van der Waals surface area (Å²) in [7, 11) is 0. The highest BCUT2D eigenvalue weighted by atomic mass is 16.2. The molecule has 116 valence electrons. The van der Waals surface area contributed by atoms with E-state index in [0.717, 1.165) is 31.3 Å². The largest absolute Gasteiger partial charge is 0.365 e. The number of nitrogens with zero attached hydrogens (tertiary/aromatic N) is 3. The third-order valence-corrected chi connectivity index (χ3v) is 4.07. The van der Waals surface area contributed by atoms with Gasteiger partial charge >= 0.3 is 0 Å². The van der Waals surface area contributed by atoms with Crippen LogP contribution in [0.25, 0.3) is 0 Å².